The third kappa shape index (κ3) is 7.45. The number of hydrogen-bond acceptors (Lipinski definition) is 14. The Morgan fingerprint density at radius 3 is 2.15 bits per heavy atom. The highest BCUT2D eigenvalue weighted by Gasteiger charge is 2.54. The van der Waals surface area contributed by atoms with E-state index in [9.17, 15) is 38.7 Å². The van der Waals surface area contributed by atoms with Crippen molar-refractivity contribution in [2.24, 2.45) is 0 Å². The molecule has 10 atom stereocenters. The van der Waals surface area contributed by atoms with Crippen LogP contribution in [-0.2, 0) is 44.0 Å². The number of rotatable bonds is 9. The molecule has 0 amide bonds. The number of carboxylic acid groups (broad SMARTS) is 1. The molecule has 0 spiro atoms. The SMILES string of the molecule is CC(C)(C)O[C@@H]1C(C(=O)O)O[C@@H](O[C@@H]2C(COOO)O[C@H](O)C(NS(=O)(=O)O)[C@@H]2O)C(O)[C@@H]1O. The van der Waals surface area contributed by atoms with E-state index in [4.69, 9.17) is 28.8 Å². The van der Waals surface area contributed by atoms with Crippen LogP contribution in [0, 0.1) is 0 Å². The van der Waals surface area contributed by atoms with E-state index in [2.05, 4.69) is 9.93 Å². The molecule has 2 saturated heterocycles. The molecule has 0 saturated carbocycles. The summed E-state index contributed by atoms with van der Waals surface area (Å²) in [7, 11) is -4.96. The minimum Gasteiger partial charge on any atom is -0.479 e. The molecule has 8 N–H and O–H groups in total. The van der Waals surface area contributed by atoms with Crippen LogP contribution in [0.15, 0.2) is 0 Å². The van der Waals surface area contributed by atoms with Gasteiger partial charge < -0.3 is 44.5 Å². The van der Waals surface area contributed by atoms with Crippen molar-refractivity contribution in [1.82, 2.24) is 4.72 Å². The lowest BCUT2D eigenvalue weighted by atomic mass is 9.95. The second-order valence-electron chi connectivity index (χ2n) is 8.57. The van der Waals surface area contributed by atoms with Gasteiger partial charge >= 0.3 is 16.3 Å². The van der Waals surface area contributed by atoms with Gasteiger partial charge in [0.2, 0.25) is 0 Å². The van der Waals surface area contributed by atoms with E-state index in [1.54, 1.807) is 20.8 Å². The number of nitrogens with one attached hydrogen (secondary N) is 1. The summed E-state index contributed by atoms with van der Waals surface area (Å²) in [6.07, 6.45) is -16.5. The van der Waals surface area contributed by atoms with Gasteiger partial charge in [-0.25, -0.2) is 14.9 Å². The molecule has 0 radical (unpaired) electrons. The first-order valence-electron chi connectivity index (χ1n) is 9.82. The maximum Gasteiger partial charge on any atom is 0.335 e. The van der Waals surface area contributed by atoms with Gasteiger partial charge in [-0.15, -0.1) is 0 Å². The number of aliphatic hydroxyl groups excluding tert-OH is 4. The Morgan fingerprint density at radius 2 is 1.65 bits per heavy atom. The van der Waals surface area contributed by atoms with Crippen LogP contribution in [0.3, 0.4) is 0 Å². The third-order valence-corrected chi connectivity index (χ3v) is 5.40. The van der Waals surface area contributed by atoms with Crippen LogP contribution >= 0.6 is 0 Å². The first-order chi connectivity index (χ1) is 15.6. The number of aliphatic carboxylic acids is 1. The van der Waals surface area contributed by atoms with Gasteiger partial charge in [0.15, 0.2) is 18.7 Å². The Balaban J connectivity index is 2.30. The van der Waals surface area contributed by atoms with E-state index in [-0.39, 0.29) is 0 Å². The molecule has 0 aromatic carbocycles. The normalized spacial score (nSPS) is 39.7. The van der Waals surface area contributed by atoms with Crippen molar-refractivity contribution in [1.29, 1.82) is 0 Å². The highest BCUT2D eigenvalue weighted by Crippen LogP contribution is 2.31. The molecule has 0 aliphatic carbocycles. The maximum atomic E-state index is 11.7. The lowest BCUT2D eigenvalue weighted by molar-refractivity contribution is -0.499. The van der Waals surface area contributed by atoms with Gasteiger partial charge in [0, 0.05) is 0 Å². The zero-order valence-electron chi connectivity index (χ0n) is 18.2. The molecule has 18 heteroatoms. The quantitative estimate of drug-likeness (QED) is 0.0822. The topological polar surface area (TPSA) is 260 Å². The Hall–Kier alpha value is -1.10. The first kappa shape index (κ1) is 29.1. The van der Waals surface area contributed by atoms with E-state index >= 15 is 0 Å². The van der Waals surface area contributed by atoms with Crippen molar-refractivity contribution in [3.8, 4) is 0 Å². The molecule has 2 aliphatic heterocycles. The van der Waals surface area contributed by atoms with Gasteiger partial charge in [-0.05, 0) is 20.8 Å². The van der Waals surface area contributed by atoms with Crippen LogP contribution in [0.5, 0.6) is 0 Å². The fourth-order valence-corrected chi connectivity index (χ4v) is 4.08. The van der Waals surface area contributed by atoms with Gasteiger partial charge in [-0.1, -0.05) is 5.04 Å². The van der Waals surface area contributed by atoms with Crippen LogP contribution in [0.4, 0.5) is 0 Å². The van der Waals surface area contributed by atoms with E-state index < -0.39 is 89.8 Å². The molecule has 34 heavy (non-hydrogen) atoms. The van der Waals surface area contributed by atoms with Gasteiger partial charge in [0.25, 0.3) is 0 Å². The average molecular weight is 523 g/mol. The molecular formula is C16H29NO16S. The van der Waals surface area contributed by atoms with Crippen molar-refractivity contribution in [3.05, 3.63) is 0 Å². The molecule has 2 heterocycles. The Morgan fingerprint density at radius 1 is 1.03 bits per heavy atom. The second-order valence-corrected chi connectivity index (χ2v) is 9.76. The molecule has 200 valence electrons. The summed E-state index contributed by atoms with van der Waals surface area (Å²) in [6, 6.07) is -1.91. The van der Waals surface area contributed by atoms with Crippen molar-refractivity contribution < 1.29 is 77.4 Å². The Labute approximate surface area is 193 Å². The second kappa shape index (κ2) is 11.3. The highest BCUT2D eigenvalue weighted by atomic mass is 32.2. The summed E-state index contributed by atoms with van der Waals surface area (Å²) >= 11 is 0. The van der Waals surface area contributed by atoms with Gasteiger partial charge in [0.1, 0.15) is 49.3 Å². The molecule has 4 unspecified atom stereocenters. The van der Waals surface area contributed by atoms with E-state index in [1.807, 2.05) is 0 Å². The number of ether oxygens (including phenoxy) is 4. The van der Waals surface area contributed by atoms with Crippen LogP contribution in [0.1, 0.15) is 20.8 Å². The van der Waals surface area contributed by atoms with E-state index in [1.165, 1.54) is 4.72 Å². The summed E-state index contributed by atoms with van der Waals surface area (Å²) in [6.45, 7) is 3.98. The minimum absolute atomic E-state index is 0.739. The molecule has 17 nitrogen and oxygen atoms in total. The lowest BCUT2D eigenvalue weighted by Crippen LogP contribution is -2.68. The monoisotopic (exact) mass is 523 g/mol. The summed E-state index contributed by atoms with van der Waals surface area (Å²) in [5.41, 5.74) is -0.943. The first-order valence-corrected chi connectivity index (χ1v) is 11.3. The van der Waals surface area contributed by atoms with Gasteiger partial charge in [-0.2, -0.15) is 13.1 Å². The highest BCUT2D eigenvalue weighted by molar-refractivity contribution is 7.83. The van der Waals surface area contributed by atoms with Crippen molar-refractivity contribution in [2.75, 3.05) is 6.61 Å². The number of aliphatic hydroxyl groups is 4. The molecular weight excluding hydrogens is 494 g/mol. The van der Waals surface area contributed by atoms with Crippen LogP contribution in [0.25, 0.3) is 0 Å². The zero-order valence-corrected chi connectivity index (χ0v) is 19.0. The van der Waals surface area contributed by atoms with Crippen LogP contribution in [-0.4, -0.2) is 123 Å². The van der Waals surface area contributed by atoms with E-state index in [0.717, 1.165) is 0 Å². The number of hydrogen-bond donors (Lipinski definition) is 8. The summed E-state index contributed by atoms with van der Waals surface area (Å²) in [5, 5.41) is 63.0. The van der Waals surface area contributed by atoms with Gasteiger partial charge in [0.05, 0.1) is 5.60 Å². The molecule has 2 fully saturated rings. The van der Waals surface area contributed by atoms with Crippen LogP contribution < -0.4 is 4.72 Å². The summed E-state index contributed by atoms with van der Waals surface area (Å²) < 4.78 is 54.1. The Kier molecular flexibility index (Phi) is 9.69. The zero-order chi connectivity index (χ0) is 26.0. The maximum absolute atomic E-state index is 11.7. The average Bonchev–Trinajstić information content (AvgIpc) is 2.69. The predicted molar refractivity (Wildman–Crippen MR) is 103 cm³/mol. The fourth-order valence-electron chi connectivity index (χ4n) is 3.48. The smallest absolute Gasteiger partial charge is 0.335 e. The molecule has 0 aromatic rings. The summed E-state index contributed by atoms with van der Waals surface area (Å²) in [5.74, 6) is -1.58. The third-order valence-electron chi connectivity index (χ3n) is 4.83. The number of carbonyl (C=O) groups is 1. The minimum atomic E-state index is -4.96. The van der Waals surface area contributed by atoms with Crippen LogP contribution in [0.2, 0.25) is 0 Å². The lowest BCUT2D eigenvalue weighted by Gasteiger charge is -2.47. The predicted octanol–water partition coefficient (Wildman–Crippen LogP) is -3.65. The fraction of sp³-hybridized carbons (Fsp3) is 0.938. The van der Waals surface area contributed by atoms with Crippen molar-refractivity contribution >= 4 is 16.3 Å². The van der Waals surface area contributed by atoms with E-state index in [0.29, 0.717) is 0 Å². The molecule has 2 aliphatic rings. The van der Waals surface area contributed by atoms with Gasteiger partial charge in [-0.3, -0.25) is 4.55 Å². The largest absolute Gasteiger partial charge is 0.479 e. The van der Waals surface area contributed by atoms with Crippen molar-refractivity contribution in [2.45, 2.75) is 87.7 Å². The summed E-state index contributed by atoms with van der Waals surface area (Å²) in [4.78, 5) is 16.0. The standard InChI is InChI=1S/C16H29NO16S/c1-16(2,3)32-11-8(19)9(20)15(31-12(11)13(21)22)30-10-5(4-28-33-24)29-14(23)6(7(10)18)17-34(25,26)27/h5-12,14-15,17-20,23-24H,4H2,1-3H3,(H,21,22)(H,25,26,27)/t5?,6?,7-,8-,9?,10+,11-,12?,14-,15+/m0/s1. The van der Waals surface area contributed by atoms with Crippen molar-refractivity contribution in [3.63, 3.8) is 0 Å². The number of carboxylic acids is 1. The molecule has 0 bridgehead atoms. The molecule has 0 aromatic heterocycles. The molecule has 2 rings (SSSR count). The Bertz CT molecular complexity index is 788.